The van der Waals surface area contributed by atoms with Gasteiger partial charge < -0.3 is 10.8 Å². The summed E-state index contributed by atoms with van der Waals surface area (Å²) in [5, 5.41) is 10.7. The van der Waals surface area contributed by atoms with Crippen LogP contribution in [0.1, 0.15) is 0 Å². The second-order valence-corrected chi connectivity index (χ2v) is 5.80. The summed E-state index contributed by atoms with van der Waals surface area (Å²) in [5.41, 5.74) is 5.91. The van der Waals surface area contributed by atoms with Crippen molar-refractivity contribution in [3.8, 4) is 0 Å². The minimum absolute atomic E-state index is 0.336. The van der Waals surface area contributed by atoms with E-state index >= 15 is 0 Å². The number of aliphatic hydroxyl groups is 1. The first-order valence-corrected chi connectivity index (χ1v) is 4.98. The number of fused-ring (bicyclic) bond motifs is 3. The minimum atomic E-state index is -0.711. The molecule has 0 aromatic heterocycles. The van der Waals surface area contributed by atoms with Gasteiger partial charge in [0, 0.05) is 5.25 Å². The molecule has 3 rings (SSSR count). The van der Waals surface area contributed by atoms with E-state index in [4.69, 9.17) is 5.73 Å². The van der Waals surface area contributed by atoms with Gasteiger partial charge in [0.1, 0.15) is 4.87 Å². The predicted molar refractivity (Wildman–Crippen MR) is 43.8 cm³/mol. The Morgan fingerprint density at radius 1 is 1.60 bits per heavy atom. The molecule has 0 bridgehead atoms. The Morgan fingerprint density at radius 2 is 2.40 bits per heavy atom. The number of thioether (sulfide) groups is 2. The van der Waals surface area contributed by atoms with Crippen molar-refractivity contribution in [3.63, 3.8) is 0 Å². The van der Waals surface area contributed by atoms with Crippen LogP contribution in [0.15, 0.2) is 12.2 Å². The molecule has 0 spiro atoms. The van der Waals surface area contributed by atoms with E-state index in [-0.39, 0.29) is 4.87 Å². The molecule has 0 aromatic rings. The third-order valence-electron chi connectivity index (χ3n) is 2.30. The molecule has 4 unspecified atom stereocenters. The topological polar surface area (TPSA) is 46.2 Å². The zero-order valence-electron chi connectivity index (χ0n) is 5.15. The first-order chi connectivity index (χ1) is 4.66. The van der Waals surface area contributed by atoms with Crippen LogP contribution in [0.5, 0.6) is 0 Å². The summed E-state index contributed by atoms with van der Waals surface area (Å²) >= 11 is 3.33. The first kappa shape index (κ1) is 5.94. The van der Waals surface area contributed by atoms with Crippen molar-refractivity contribution < 1.29 is 5.11 Å². The van der Waals surface area contributed by atoms with Gasteiger partial charge in [0.15, 0.2) is 4.93 Å². The third kappa shape index (κ3) is 0.460. The molecular formula is C6H7NOS2. The molecule has 0 saturated carbocycles. The Balaban J connectivity index is 2.09. The number of hydrogen-bond donors (Lipinski definition) is 2. The molecule has 2 aliphatic heterocycles. The smallest absolute Gasteiger partial charge is 0.159 e. The van der Waals surface area contributed by atoms with E-state index in [1.165, 1.54) is 11.8 Å². The van der Waals surface area contributed by atoms with E-state index in [2.05, 4.69) is 6.08 Å². The highest BCUT2D eigenvalue weighted by molar-refractivity contribution is 8.14. The van der Waals surface area contributed by atoms with Gasteiger partial charge in [0.25, 0.3) is 0 Å². The average molecular weight is 173 g/mol. The largest absolute Gasteiger partial charge is 0.373 e. The summed E-state index contributed by atoms with van der Waals surface area (Å²) in [6.07, 6.45) is 3.92. The van der Waals surface area contributed by atoms with Crippen molar-refractivity contribution in [1.82, 2.24) is 0 Å². The lowest BCUT2D eigenvalue weighted by Gasteiger charge is -2.12. The molecule has 0 radical (unpaired) electrons. The quantitative estimate of drug-likeness (QED) is 0.404. The van der Waals surface area contributed by atoms with Crippen molar-refractivity contribution in [2.45, 2.75) is 20.3 Å². The molecule has 4 heteroatoms. The minimum Gasteiger partial charge on any atom is -0.373 e. The van der Waals surface area contributed by atoms with E-state index in [0.29, 0.717) is 10.5 Å². The van der Waals surface area contributed by atoms with Gasteiger partial charge in [-0.1, -0.05) is 17.8 Å². The van der Waals surface area contributed by atoms with Crippen molar-refractivity contribution in [3.05, 3.63) is 12.2 Å². The first-order valence-electron chi connectivity index (χ1n) is 3.22. The standard InChI is InChI=1S/C6H7NOS2/c7-6-4-3(9-4)1-2-5(6,8)10-6/h1-4,8H,7H2. The molecule has 2 heterocycles. The van der Waals surface area contributed by atoms with Crippen LogP contribution in [-0.4, -0.2) is 25.4 Å². The molecule has 2 fully saturated rings. The van der Waals surface area contributed by atoms with Crippen LogP contribution in [-0.2, 0) is 0 Å². The summed E-state index contributed by atoms with van der Waals surface area (Å²) in [6, 6.07) is 0. The van der Waals surface area contributed by atoms with E-state index in [1.54, 1.807) is 0 Å². The van der Waals surface area contributed by atoms with E-state index in [1.807, 2.05) is 17.8 Å². The Morgan fingerprint density at radius 3 is 3.10 bits per heavy atom. The lowest BCUT2D eigenvalue weighted by Crippen LogP contribution is -2.41. The van der Waals surface area contributed by atoms with Gasteiger partial charge >= 0.3 is 0 Å². The lowest BCUT2D eigenvalue weighted by molar-refractivity contribution is 0.184. The predicted octanol–water partition coefficient (Wildman–Crippen LogP) is 0.131. The normalized spacial score (nSPS) is 68.6. The fourth-order valence-corrected chi connectivity index (χ4v) is 4.14. The van der Waals surface area contributed by atoms with E-state index in [9.17, 15) is 5.11 Å². The Hall–Kier alpha value is 0.360. The summed E-state index contributed by atoms with van der Waals surface area (Å²) < 4.78 is 0. The second-order valence-electron chi connectivity index (χ2n) is 2.97. The second kappa shape index (κ2) is 1.31. The van der Waals surface area contributed by atoms with Crippen LogP contribution in [0.4, 0.5) is 0 Å². The summed E-state index contributed by atoms with van der Waals surface area (Å²) in [4.78, 5) is -1.05. The maximum Gasteiger partial charge on any atom is 0.159 e. The Bertz CT molecular complexity index is 244. The molecule has 4 atom stereocenters. The van der Waals surface area contributed by atoms with Crippen molar-refractivity contribution >= 4 is 23.5 Å². The van der Waals surface area contributed by atoms with Gasteiger partial charge in [-0.15, -0.1) is 11.8 Å². The average Bonchev–Trinajstić information content (AvgIpc) is 2.64. The lowest BCUT2D eigenvalue weighted by atomic mass is 10.0. The van der Waals surface area contributed by atoms with Gasteiger partial charge in [-0.2, -0.15) is 0 Å². The van der Waals surface area contributed by atoms with Gasteiger partial charge in [-0.25, -0.2) is 0 Å². The molecule has 0 amide bonds. The molecule has 3 N–H and O–H groups in total. The molecule has 54 valence electrons. The zero-order chi connectivity index (χ0) is 6.98. The van der Waals surface area contributed by atoms with Gasteiger partial charge in [-0.05, 0) is 6.08 Å². The molecule has 0 aromatic carbocycles. The fraction of sp³-hybridized carbons (Fsp3) is 0.667. The molecular weight excluding hydrogens is 166 g/mol. The highest BCUT2D eigenvalue weighted by atomic mass is 32.2. The summed E-state index contributed by atoms with van der Waals surface area (Å²) in [5.74, 6) is 0. The zero-order valence-corrected chi connectivity index (χ0v) is 6.78. The van der Waals surface area contributed by atoms with Crippen LogP contribution in [0.3, 0.4) is 0 Å². The van der Waals surface area contributed by atoms with Crippen LogP contribution >= 0.6 is 23.5 Å². The molecule has 2 nitrogen and oxygen atoms in total. The summed E-state index contributed by atoms with van der Waals surface area (Å²) in [6.45, 7) is 0. The number of hydrogen-bond acceptors (Lipinski definition) is 4. The SMILES string of the molecule is NC12SC1(O)C=CC1SC12. The van der Waals surface area contributed by atoms with Crippen molar-refractivity contribution in [2.24, 2.45) is 5.73 Å². The van der Waals surface area contributed by atoms with Gasteiger partial charge in [0.05, 0.1) is 5.25 Å². The molecule has 3 aliphatic rings. The van der Waals surface area contributed by atoms with E-state index in [0.717, 1.165) is 0 Å². The van der Waals surface area contributed by atoms with Crippen molar-refractivity contribution in [1.29, 1.82) is 0 Å². The Kier molecular flexibility index (Phi) is 0.777. The van der Waals surface area contributed by atoms with Gasteiger partial charge in [-0.3, -0.25) is 0 Å². The molecule has 2 saturated heterocycles. The monoisotopic (exact) mass is 173 g/mol. The maximum atomic E-state index is 9.64. The number of rotatable bonds is 0. The molecule has 10 heavy (non-hydrogen) atoms. The fourth-order valence-electron chi connectivity index (χ4n) is 1.50. The maximum absolute atomic E-state index is 9.64. The highest BCUT2D eigenvalue weighted by Gasteiger charge is 2.76. The van der Waals surface area contributed by atoms with Crippen molar-refractivity contribution in [2.75, 3.05) is 0 Å². The van der Waals surface area contributed by atoms with Crippen LogP contribution < -0.4 is 5.73 Å². The van der Waals surface area contributed by atoms with Crippen LogP contribution in [0, 0.1) is 0 Å². The van der Waals surface area contributed by atoms with E-state index < -0.39 is 4.93 Å². The summed E-state index contributed by atoms with van der Waals surface area (Å²) in [7, 11) is 0. The third-order valence-corrected chi connectivity index (χ3v) is 5.32. The van der Waals surface area contributed by atoms with Gasteiger partial charge in [0.2, 0.25) is 0 Å². The molecule has 1 aliphatic carbocycles. The Labute approximate surface area is 67.2 Å². The highest BCUT2D eigenvalue weighted by Crippen LogP contribution is 2.72. The number of nitrogens with two attached hydrogens (primary N) is 1. The van der Waals surface area contributed by atoms with Crippen LogP contribution in [0.25, 0.3) is 0 Å². The van der Waals surface area contributed by atoms with Crippen LogP contribution in [0.2, 0.25) is 0 Å².